The van der Waals surface area contributed by atoms with Gasteiger partial charge in [-0.25, -0.2) is 0 Å². The van der Waals surface area contributed by atoms with Gasteiger partial charge in [-0.3, -0.25) is 14.9 Å². The third-order valence-electron chi connectivity index (χ3n) is 3.04. The van der Waals surface area contributed by atoms with Crippen molar-refractivity contribution in [3.8, 4) is 0 Å². The van der Waals surface area contributed by atoms with Crippen LogP contribution in [0.1, 0.15) is 10.4 Å². The molecule has 0 aliphatic rings. The monoisotopic (exact) mass is 298 g/mol. The molecular formula is C15H10N2O3S. The molecule has 0 saturated carbocycles. The average molecular weight is 298 g/mol. The normalized spacial score (nSPS) is 10.5. The highest BCUT2D eigenvalue weighted by atomic mass is 32.1. The second-order valence-corrected chi connectivity index (χ2v) is 5.34. The highest BCUT2D eigenvalue weighted by Gasteiger charge is 2.15. The van der Waals surface area contributed by atoms with Gasteiger partial charge >= 0.3 is 5.00 Å². The molecule has 1 amide bonds. The standard InChI is InChI=1S/C15H10N2O3S/c18-15(12-8-14(17(19)20)21-9-12)16-13-6-5-10-3-1-2-4-11(10)7-13/h1-9H,(H,16,18). The van der Waals surface area contributed by atoms with E-state index >= 15 is 0 Å². The minimum atomic E-state index is -0.503. The zero-order valence-corrected chi connectivity index (χ0v) is 11.6. The van der Waals surface area contributed by atoms with Crippen molar-refractivity contribution in [1.29, 1.82) is 0 Å². The molecule has 1 N–H and O–H groups in total. The Morgan fingerprint density at radius 2 is 1.86 bits per heavy atom. The van der Waals surface area contributed by atoms with Crippen LogP contribution in [0.3, 0.4) is 0 Å². The number of fused-ring (bicyclic) bond motifs is 1. The molecule has 1 aromatic heterocycles. The summed E-state index contributed by atoms with van der Waals surface area (Å²) in [5.74, 6) is -0.352. The second-order valence-electron chi connectivity index (χ2n) is 4.45. The first kappa shape index (κ1) is 13.3. The number of anilines is 1. The van der Waals surface area contributed by atoms with E-state index in [1.165, 1.54) is 11.4 Å². The maximum Gasteiger partial charge on any atom is 0.324 e. The molecule has 0 atom stereocenters. The molecule has 0 saturated heterocycles. The van der Waals surface area contributed by atoms with Gasteiger partial charge in [-0.05, 0) is 22.9 Å². The van der Waals surface area contributed by atoms with Gasteiger partial charge in [0.15, 0.2) is 0 Å². The first-order valence-electron chi connectivity index (χ1n) is 6.16. The van der Waals surface area contributed by atoms with Crippen LogP contribution in [0.2, 0.25) is 0 Å². The Bertz CT molecular complexity index is 842. The summed E-state index contributed by atoms with van der Waals surface area (Å²) in [6.07, 6.45) is 0. The van der Waals surface area contributed by atoms with Crippen molar-refractivity contribution in [1.82, 2.24) is 0 Å². The number of carbonyl (C=O) groups excluding carboxylic acids is 1. The Labute approximate surface area is 124 Å². The summed E-state index contributed by atoms with van der Waals surface area (Å²) in [5.41, 5.74) is 0.951. The minimum absolute atomic E-state index is 0.0429. The number of thiophene rings is 1. The Morgan fingerprint density at radius 1 is 1.10 bits per heavy atom. The Hall–Kier alpha value is -2.73. The highest BCUT2D eigenvalue weighted by Crippen LogP contribution is 2.24. The van der Waals surface area contributed by atoms with E-state index in [2.05, 4.69) is 5.32 Å². The topological polar surface area (TPSA) is 72.2 Å². The lowest BCUT2D eigenvalue weighted by Gasteiger charge is -2.05. The molecule has 0 radical (unpaired) electrons. The van der Waals surface area contributed by atoms with E-state index < -0.39 is 4.92 Å². The van der Waals surface area contributed by atoms with Gasteiger partial charge in [0.25, 0.3) is 5.91 Å². The number of carbonyl (C=O) groups is 1. The molecule has 0 spiro atoms. The van der Waals surface area contributed by atoms with Crippen LogP contribution in [0.4, 0.5) is 10.7 Å². The van der Waals surface area contributed by atoms with Crippen molar-refractivity contribution < 1.29 is 9.72 Å². The van der Waals surface area contributed by atoms with Crippen molar-refractivity contribution in [3.63, 3.8) is 0 Å². The Balaban J connectivity index is 1.83. The number of nitrogens with one attached hydrogen (secondary N) is 1. The summed E-state index contributed by atoms with van der Waals surface area (Å²) in [5, 5.41) is 16.9. The summed E-state index contributed by atoms with van der Waals surface area (Å²) < 4.78 is 0. The highest BCUT2D eigenvalue weighted by molar-refractivity contribution is 7.13. The molecule has 3 aromatic rings. The molecule has 2 aromatic carbocycles. The SMILES string of the molecule is O=C(Nc1ccc2ccccc2c1)c1csc([N+](=O)[O-])c1. The lowest BCUT2D eigenvalue weighted by molar-refractivity contribution is -0.380. The van der Waals surface area contributed by atoms with Crippen molar-refractivity contribution in [2.45, 2.75) is 0 Å². The van der Waals surface area contributed by atoms with Crippen LogP contribution in [0.5, 0.6) is 0 Å². The van der Waals surface area contributed by atoms with Crippen LogP contribution in [0.25, 0.3) is 10.8 Å². The summed E-state index contributed by atoms with van der Waals surface area (Å²) in [7, 11) is 0. The molecule has 21 heavy (non-hydrogen) atoms. The largest absolute Gasteiger partial charge is 0.324 e. The fraction of sp³-hybridized carbons (Fsp3) is 0. The average Bonchev–Trinajstić information content (AvgIpc) is 2.97. The van der Waals surface area contributed by atoms with Crippen molar-refractivity contribution >= 4 is 38.7 Å². The van der Waals surface area contributed by atoms with E-state index in [4.69, 9.17) is 0 Å². The van der Waals surface area contributed by atoms with E-state index in [9.17, 15) is 14.9 Å². The van der Waals surface area contributed by atoms with Crippen LogP contribution in [-0.2, 0) is 0 Å². The maximum atomic E-state index is 12.1. The summed E-state index contributed by atoms with van der Waals surface area (Å²) in [6.45, 7) is 0. The van der Waals surface area contributed by atoms with Gasteiger partial charge in [0, 0.05) is 17.1 Å². The van der Waals surface area contributed by atoms with Gasteiger partial charge in [-0.2, -0.15) is 0 Å². The predicted octanol–water partition coefficient (Wildman–Crippen LogP) is 4.06. The first-order valence-corrected chi connectivity index (χ1v) is 7.04. The quantitative estimate of drug-likeness (QED) is 0.585. The number of hydrogen-bond donors (Lipinski definition) is 1. The number of rotatable bonds is 3. The first-order chi connectivity index (χ1) is 10.1. The zero-order valence-electron chi connectivity index (χ0n) is 10.8. The molecule has 0 aliphatic heterocycles. The predicted molar refractivity (Wildman–Crippen MR) is 82.9 cm³/mol. The number of amides is 1. The van der Waals surface area contributed by atoms with E-state index in [1.54, 1.807) is 6.07 Å². The number of nitrogens with zero attached hydrogens (tertiary/aromatic N) is 1. The van der Waals surface area contributed by atoms with Crippen LogP contribution >= 0.6 is 11.3 Å². The van der Waals surface area contributed by atoms with Crippen LogP contribution in [-0.4, -0.2) is 10.8 Å². The third-order valence-corrected chi connectivity index (χ3v) is 3.92. The second kappa shape index (κ2) is 5.34. The summed E-state index contributed by atoms with van der Waals surface area (Å²) >= 11 is 0.939. The number of benzene rings is 2. The zero-order chi connectivity index (χ0) is 14.8. The Morgan fingerprint density at radius 3 is 2.57 bits per heavy atom. The van der Waals surface area contributed by atoms with Gasteiger partial charge in [0.1, 0.15) is 0 Å². The molecule has 3 rings (SSSR count). The minimum Gasteiger partial charge on any atom is -0.322 e. The number of nitro groups is 1. The molecule has 0 fully saturated rings. The van der Waals surface area contributed by atoms with Crippen molar-refractivity contribution in [2.75, 3.05) is 5.32 Å². The lowest BCUT2D eigenvalue weighted by Crippen LogP contribution is -2.10. The van der Waals surface area contributed by atoms with Crippen LogP contribution < -0.4 is 5.32 Å². The summed E-state index contributed by atoms with van der Waals surface area (Å²) in [4.78, 5) is 22.2. The van der Waals surface area contributed by atoms with Crippen molar-refractivity contribution in [2.24, 2.45) is 0 Å². The summed E-state index contributed by atoms with van der Waals surface area (Å²) in [6, 6.07) is 14.7. The van der Waals surface area contributed by atoms with Gasteiger partial charge in [0.2, 0.25) is 0 Å². The third kappa shape index (κ3) is 2.75. The molecule has 6 heteroatoms. The molecule has 0 bridgehead atoms. The Kier molecular flexibility index (Phi) is 3.37. The molecule has 104 valence electrons. The molecule has 0 aliphatic carbocycles. The fourth-order valence-electron chi connectivity index (χ4n) is 2.01. The van der Waals surface area contributed by atoms with Gasteiger partial charge in [0.05, 0.1) is 10.5 Å². The molecule has 5 nitrogen and oxygen atoms in total. The molecule has 1 heterocycles. The van der Waals surface area contributed by atoms with Gasteiger partial charge < -0.3 is 5.32 Å². The maximum absolute atomic E-state index is 12.1. The smallest absolute Gasteiger partial charge is 0.322 e. The fourth-order valence-corrected chi connectivity index (χ4v) is 2.71. The van der Waals surface area contributed by atoms with E-state index in [0.29, 0.717) is 11.3 Å². The number of hydrogen-bond acceptors (Lipinski definition) is 4. The van der Waals surface area contributed by atoms with Gasteiger partial charge in [-0.1, -0.05) is 41.7 Å². The van der Waals surface area contributed by atoms with Gasteiger partial charge in [-0.15, -0.1) is 0 Å². The van der Waals surface area contributed by atoms with Crippen molar-refractivity contribution in [3.05, 3.63) is 69.6 Å². The van der Waals surface area contributed by atoms with E-state index in [-0.39, 0.29) is 10.9 Å². The molecular weight excluding hydrogens is 288 g/mol. The lowest BCUT2D eigenvalue weighted by atomic mass is 10.1. The van der Waals surface area contributed by atoms with Crippen LogP contribution in [0.15, 0.2) is 53.9 Å². The molecule has 0 unspecified atom stereocenters. The van der Waals surface area contributed by atoms with E-state index in [1.807, 2.05) is 36.4 Å². The van der Waals surface area contributed by atoms with Crippen LogP contribution in [0, 0.1) is 10.1 Å². The van der Waals surface area contributed by atoms with E-state index in [0.717, 1.165) is 22.1 Å².